The summed E-state index contributed by atoms with van der Waals surface area (Å²) in [6, 6.07) is 10.7. The molecule has 0 aliphatic heterocycles. The van der Waals surface area contributed by atoms with Gasteiger partial charge < -0.3 is 10.3 Å². The van der Waals surface area contributed by atoms with Gasteiger partial charge in [-0.3, -0.25) is 0 Å². The van der Waals surface area contributed by atoms with Gasteiger partial charge in [-0.25, -0.2) is 0 Å². The van der Waals surface area contributed by atoms with E-state index in [1.54, 1.807) is 0 Å². The Bertz CT molecular complexity index is 598. The molecule has 106 valence electrons. The standard InChI is InChI=1S/C17H21ClN2/c1-12-11-15-16(19)3-2-4-17(15)20(12)10-9-13-5-7-14(18)8-6-13/h5-8,11,16H,2-4,9-10,19H2,1H3. The van der Waals surface area contributed by atoms with Crippen molar-refractivity contribution in [2.24, 2.45) is 5.73 Å². The molecule has 1 aromatic carbocycles. The second-order valence-corrected chi connectivity index (χ2v) is 6.15. The highest BCUT2D eigenvalue weighted by Gasteiger charge is 2.21. The normalized spacial score (nSPS) is 18.1. The number of benzene rings is 1. The van der Waals surface area contributed by atoms with E-state index in [1.165, 1.54) is 28.9 Å². The molecule has 1 aliphatic carbocycles. The minimum atomic E-state index is 0.231. The van der Waals surface area contributed by atoms with Gasteiger partial charge in [-0.15, -0.1) is 0 Å². The summed E-state index contributed by atoms with van der Waals surface area (Å²) < 4.78 is 2.45. The molecule has 1 aliphatic rings. The average molecular weight is 289 g/mol. The van der Waals surface area contributed by atoms with Gasteiger partial charge in [0.2, 0.25) is 0 Å². The maximum atomic E-state index is 6.22. The van der Waals surface area contributed by atoms with Gasteiger partial charge in [0, 0.05) is 29.0 Å². The maximum absolute atomic E-state index is 6.22. The molecule has 1 aromatic heterocycles. The molecule has 1 unspecified atom stereocenters. The lowest BCUT2D eigenvalue weighted by molar-refractivity contribution is 0.536. The van der Waals surface area contributed by atoms with Crippen molar-refractivity contribution in [3.05, 3.63) is 57.9 Å². The highest BCUT2D eigenvalue weighted by atomic mass is 35.5. The summed E-state index contributed by atoms with van der Waals surface area (Å²) in [5.74, 6) is 0. The number of rotatable bonds is 3. The van der Waals surface area contributed by atoms with E-state index in [2.05, 4.69) is 29.7 Å². The zero-order valence-corrected chi connectivity index (χ0v) is 12.7. The zero-order valence-electron chi connectivity index (χ0n) is 11.9. The van der Waals surface area contributed by atoms with Gasteiger partial charge in [0.1, 0.15) is 0 Å². The quantitative estimate of drug-likeness (QED) is 0.908. The molecule has 0 saturated carbocycles. The van der Waals surface area contributed by atoms with E-state index in [1.807, 2.05) is 12.1 Å². The second kappa shape index (κ2) is 5.63. The van der Waals surface area contributed by atoms with Gasteiger partial charge in [0.25, 0.3) is 0 Å². The minimum Gasteiger partial charge on any atom is -0.348 e. The third-order valence-electron chi connectivity index (χ3n) is 4.31. The molecule has 0 fully saturated rings. The Kier molecular flexibility index (Phi) is 3.86. The number of nitrogens with zero attached hydrogens (tertiary/aromatic N) is 1. The Hall–Kier alpha value is -1.25. The molecule has 1 heterocycles. The molecular weight excluding hydrogens is 268 g/mol. The first-order valence-corrected chi connectivity index (χ1v) is 7.72. The molecule has 2 N–H and O–H groups in total. The molecule has 2 nitrogen and oxygen atoms in total. The Morgan fingerprint density at radius 2 is 2.05 bits per heavy atom. The van der Waals surface area contributed by atoms with Crippen LogP contribution < -0.4 is 5.73 Å². The van der Waals surface area contributed by atoms with Crippen LogP contribution in [0.15, 0.2) is 30.3 Å². The summed E-state index contributed by atoms with van der Waals surface area (Å²) in [6.45, 7) is 3.21. The van der Waals surface area contributed by atoms with Gasteiger partial charge in [-0.05, 0) is 61.9 Å². The zero-order chi connectivity index (χ0) is 14.1. The average Bonchev–Trinajstić information content (AvgIpc) is 2.76. The van der Waals surface area contributed by atoms with Crippen LogP contribution in [0.1, 0.15) is 41.4 Å². The first-order valence-electron chi connectivity index (χ1n) is 7.34. The maximum Gasteiger partial charge on any atom is 0.0406 e. The first kappa shape index (κ1) is 13.7. The van der Waals surface area contributed by atoms with E-state index >= 15 is 0 Å². The van der Waals surface area contributed by atoms with Crippen molar-refractivity contribution in [1.29, 1.82) is 0 Å². The van der Waals surface area contributed by atoms with E-state index < -0.39 is 0 Å². The summed E-state index contributed by atoms with van der Waals surface area (Å²) in [4.78, 5) is 0. The summed E-state index contributed by atoms with van der Waals surface area (Å²) in [5.41, 5.74) is 11.7. The van der Waals surface area contributed by atoms with Gasteiger partial charge in [-0.2, -0.15) is 0 Å². The number of aromatic nitrogens is 1. The minimum absolute atomic E-state index is 0.231. The predicted octanol–water partition coefficient (Wildman–Crippen LogP) is 4.03. The lowest BCUT2D eigenvalue weighted by atomic mass is 9.93. The van der Waals surface area contributed by atoms with Crippen LogP contribution in [0.3, 0.4) is 0 Å². The van der Waals surface area contributed by atoms with Crippen LogP contribution in [-0.2, 0) is 19.4 Å². The van der Waals surface area contributed by atoms with Crippen LogP contribution in [0.25, 0.3) is 0 Å². The number of hydrogen-bond donors (Lipinski definition) is 1. The third-order valence-corrected chi connectivity index (χ3v) is 4.57. The number of aryl methyl sites for hydroxylation is 2. The molecule has 0 bridgehead atoms. The van der Waals surface area contributed by atoms with E-state index in [9.17, 15) is 0 Å². The highest BCUT2D eigenvalue weighted by molar-refractivity contribution is 6.30. The number of halogens is 1. The van der Waals surface area contributed by atoms with Crippen LogP contribution in [0.4, 0.5) is 0 Å². The molecular formula is C17H21ClN2. The molecule has 0 saturated heterocycles. The van der Waals surface area contributed by atoms with Crippen LogP contribution in [-0.4, -0.2) is 4.57 Å². The van der Waals surface area contributed by atoms with Crippen LogP contribution in [0, 0.1) is 6.92 Å². The lowest BCUT2D eigenvalue weighted by Gasteiger charge is -2.21. The van der Waals surface area contributed by atoms with Crippen molar-refractivity contribution in [3.63, 3.8) is 0 Å². The van der Waals surface area contributed by atoms with Crippen molar-refractivity contribution >= 4 is 11.6 Å². The summed E-state index contributed by atoms with van der Waals surface area (Å²) in [7, 11) is 0. The molecule has 0 spiro atoms. The van der Waals surface area contributed by atoms with Gasteiger partial charge in [0.05, 0.1) is 0 Å². The van der Waals surface area contributed by atoms with Crippen LogP contribution >= 0.6 is 11.6 Å². The summed E-state index contributed by atoms with van der Waals surface area (Å²) in [5, 5.41) is 0.800. The fourth-order valence-electron chi connectivity index (χ4n) is 3.20. The molecule has 3 heteroatoms. The van der Waals surface area contributed by atoms with Crippen molar-refractivity contribution in [3.8, 4) is 0 Å². The van der Waals surface area contributed by atoms with E-state index in [0.717, 1.165) is 30.8 Å². The molecule has 3 rings (SSSR count). The van der Waals surface area contributed by atoms with Crippen molar-refractivity contribution in [1.82, 2.24) is 4.57 Å². The fourth-order valence-corrected chi connectivity index (χ4v) is 3.33. The molecule has 20 heavy (non-hydrogen) atoms. The predicted molar refractivity (Wildman–Crippen MR) is 84.2 cm³/mol. The van der Waals surface area contributed by atoms with E-state index in [4.69, 9.17) is 17.3 Å². The monoisotopic (exact) mass is 288 g/mol. The number of hydrogen-bond acceptors (Lipinski definition) is 1. The van der Waals surface area contributed by atoms with E-state index in [-0.39, 0.29) is 6.04 Å². The van der Waals surface area contributed by atoms with Gasteiger partial charge in [-0.1, -0.05) is 23.7 Å². The van der Waals surface area contributed by atoms with Crippen molar-refractivity contribution in [2.45, 2.75) is 45.2 Å². The summed E-state index contributed by atoms with van der Waals surface area (Å²) in [6.07, 6.45) is 4.53. The van der Waals surface area contributed by atoms with Crippen molar-refractivity contribution < 1.29 is 0 Å². The molecule has 2 aromatic rings. The number of fused-ring (bicyclic) bond motifs is 1. The summed E-state index contributed by atoms with van der Waals surface area (Å²) >= 11 is 5.93. The first-order chi connectivity index (χ1) is 9.65. The molecule has 0 radical (unpaired) electrons. The Balaban J connectivity index is 1.79. The molecule has 1 atom stereocenters. The van der Waals surface area contributed by atoms with Gasteiger partial charge >= 0.3 is 0 Å². The van der Waals surface area contributed by atoms with Gasteiger partial charge in [0.15, 0.2) is 0 Å². The number of nitrogens with two attached hydrogens (primary N) is 1. The Labute approximate surface area is 125 Å². The third kappa shape index (κ3) is 2.63. The smallest absolute Gasteiger partial charge is 0.0406 e. The second-order valence-electron chi connectivity index (χ2n) is 5.71. The highest BCUT2D eigenvalue weighted by Crippen LogP contribution is 2.30. The SMILES string of the molecule is Cc1cc2c(n1CCc1ccc(Cl)cc1)CCCC2N. The van der Waals surface area contributed by atoms with Crippen LogP contribution in [0.5, 0.6) is 0 Å². The fraction of sp³-hybridized carbons (Fsp3) is 0.412. The largest absolute Gasteiger partial charge is 0.348 e. The van der Waals surface area contributed by atoms with E-state index in [0.29, 0.717) is 0 Å². The Morgan fingerprint density at radius 1 is 1.30 bits per heavy atom. The van der Waals surface area contributed by atoms with Crippen LogP contribution in [0.2, 0.25) is 5.02 Å². The Morgan fingerprint density at radius 3 is 2.80 bits per heavy atom. The van der Waals surface area contributed by atoms with Crippen molar-refractivity contribution in [2.75, 3.05) is 0 Å². The lowest BCUT2D eigenvalue weighted by Crippen LogP contribution is -2.18. The topological polar surface area (TPSA) is 30.9 Å². The molecule has 0 amide bonds.